The molecule has 0 amide bonds. The van der Waals surface area contributed by atoms with Gasteiger partial charge in [-0.15, -0.1) is 0 Å². The molecule has 1 aromatic carbocycles. The second-order valence-corrected chi connectivity index (χ2v) is 12.3. The molecule has 0 bridgehead atoms. The van der Waals surface area contributed by atoms with E-state index in [2.05, 4.69) is 0 Å². The van der Waals surface area contributed by atoms with Gasteiger partial charge >= 0.3 is 6.16 Å². The van der Waals surface area contributed by atoms with Gasteiger partial charge in [0.2, 0.25) is 5.78 Å². The fourth-order valence-corrected chi connectivity index (χ4v) is 8.36. The molecule has 220 valence electrons. The molecule has 10 nitrogen and oxygen atoms in total. The standard InChI is InChI=1S/C30H34FNO9/c1-17-12-22-21-9-8-19-13-20(33)10-11-27(19,2)29(21,31)24(34)14-28(22,3)30(17,37)25(35)16-41-26(36)40-15-18-6-4-5-7-23(18)32(38)39/h4-7,10-11,13,17,21-22,24,34,37H,8-9,12,14-16H2,1-3H3/t17?,21-,22-,24?,27-,28-,29-,30-/m0/s1. The van der Waals surface area contributed by atoms with Crippen molar-refractivity contribution in [3.05, 3.63) is 63.7 Å². The number of rotatable bonds is 6. The molecule has 8 atom stereocenters. The lowest BCUT2D eigenvalue weighted by Crippen LogP contribution is -2.69. The highest BCUT2D eigenvalue weighted by molar-refractivity contribution is 6.01. The maximum absolute atomic E-state index is 17.3. The SMILES string of the molecule is CC1C[C@H]2[C@@H]3CCC4=CC(=O)C=C[C@]4(C)[C@@]3(F)C(O)C[C@]2(C)[C@@]1(O)C(=O)COC(=O)OCc1ccccc1[N+](=O)[O-]. The Labute approximate surface area is 236 Å². The van der Waals surface area contributed by atoms with Crippen LogP contribution < -0.4 is 0 Å². The fourth-order valence-electron chi connectivity index (χ4n) is 8.36. The van der Waals surface area contributed by atoms with Crippen molar-refractivity contribution >= 4 is 23.4 Å². The third-order valence-corrected chi connectivity index (χ3v) is 10.5. The second kappa shape index (κ2) is 9.84. The summed E-state index contributed by atoms with van der Waals surface area (Å²) >= 11 is 0. The molecule has 2 unspecified atom stereocenters. The lowest BCUT2D eigenvalue weighted by Gasteiger charge is -2.62. The van der Waals surface area contributed by atoms with Crippen LogP contribution in [0, 0.1) is 38.7 Å². The number of fused-ring (bicyclic) bond motifs is 5. The summed E-state index contributed by atoms with van der Waals surface area (Å²) < 4.78 is 27.2. The Hall–Kier alpha value is -3.44. The van der Waals surface area contributed by atoms with E-state index < -0.39 is 76.0 Å². The number of carbonyl (C=O) groups is 3. The molecule has 3 saturated carbocycles. The molecule has 1 aromatic rings. The minimum Gasteiger partial charge on any atom is -0.429 e. The van der Waals surface area contributed by atoms with Crippen LogP contribution in [0.15, 0.2) is 48.1 Å². The summed E-state index contributed by atoms with van der Waals surface area (Å²) in [7, 11) is 0. The number of alkyl halides is 1. The Morgan fingerprint density at radius 2 is 1.90 bits per heavy atom. The van der Waals surface area contributed by atoms with Crippen molar-refractivity contribution in [3.8, 4) is 0 Å². The van der Waals surface area contributed by atoms with Gasteiger partial charge in [0, 0.05) is 22.8 Å². The number of nitrogens with zero attached hydrogens (tertiary/aromatic N) is 1. The molecule has 2 N–H and O–H groups in total. The van der Waals surface area contributed by atoms with Crippen molar-refractivity contribution in [2.45, 2.75) is 70.4 Å². The van der Waals surface area contributed by atoms with Gasteiger partial charge in [0.1, 0.15) is 12.2 Å². The lowest BCUT2D eigenvalue weighted by molar-refractivity contribution is -0.385. The van der Waals surface area contributed by atoms with E-state index in [0.29, 0.717) is 24.8 Å². The normalized spacial score (nSPS) is 39.2. The third kappa shape index (κ3) is 4.07. The number of nitro benzene ring substituents is 1. The van der Waals surface area contributed by atoms with Crippen LogP contribution in [0.5, 0.6) is 0 Å². The minimum absolute atomic E-state index is 0.140. The van der Waals surface area contributed by atoms with E-state index >= 15 is 4.39 Å². The molecule has 0 saturated heterocycles. The Morgan fingerprint density at radius 3 is 2.61 bits per heavy atom. The Morgan fingerprint density at radius 1 is 1.20 bits per heavy atom. The van der Waals surface area contributed by atoms with Crippen LogP contribution in [0.1, 0.15) is 52.0 Å². The van der Waals surface area contributed by atoms with Gasteiger partial charge in [0.15, 0.2) is 18.1 Å². The number of para-hydroxylation sites is 1. The van der Waals surface area contributed by atoms with Crippen LogP contribution >= 0.6 is 0 Å². The van der Waals surface area contributed by atoms with E-state index in [1.807, 2.05) is 0 Å². The molecule has 11 heteroatoms. The lowest BCUT2D eigenvalue weighted by atomic mass is 9.44. The smallest absolute Gasteiger partial charge is 0.429 e. The molecule has 4 aliphatic rings. The Balaban J connectivity index is 1.33. The van der Waals surface area contributed by atoms with Crippen LogP contribution in [-0.4, -0.2) is 56.8 Å². The average Bonchev–Trinajstić information content (AvgIpc) is 3.13. The van der Waals surface area contributed by atoms with Gasteiger partial charge in [-0.25, -0.2) is 9.18 Å². The highest BCUT2D eigenvalue weighted by Gasteiger charge is 2.75. The van der Waals surface area contributed by atoms with Crippen LogP contribution in [-0.2, 0) is 25.7 Å². The van der Waals surface area contributed by atoms with Gasteiger partial charge in [-0.3, -0.25) is 19.7 Å². The number of allylic oxidation sites excluding steroid dienone is 4. The monoisotopic (exact) mass is 571 g/mol. The van der Waals surface area contributed by atoms with Crippen molar-refractivity contribution in [2.24, 2.45) is 28.6 Å². The molecule has 0 heterocycles. The van der Waals surface area contributed by atoms with Gasteiger partial charge in [0.05, 0.1) is 16.6 Å². The largest absolute Gasteiger partial charge is 0.509 e. The number of aliphatic hydroxyl groups is 2. The molecule has 5 rings (SSSR count). The predicted molar refractivity (Wildman–Crippen MR) is 142 cm³/mol. The quantitative estimate of drug-likeness (QED) is 0.291. The van der Waals surface area contributed by atoms with E-state index in [1.54, 1.807) is 32.9 Å². The van der Waals surface area contributed by atoms with E-state index in [4.69, 9.17) is 9.47 Å². The summed E-state index contributed by atoms with van der Waals surface area (Å²) in [5, 5.41) is 34.5. The first-order valence-electron chi connectivity index (χ1n) is 13.8. The van der Waals surface area contributed by atoms with Gasteiger partial charge in [0.25, 0.3) is 5.69 Å². The van der Waals surface area contributed by atoms with Crippen molar-refractivity contribution in [1.29, 1.82) is 0 Å². The number of benzene rings is 1. The molecule has 0 radical (unpaired) electrons. The molecule has 41 heavy (non-hydrogen) atoms. The fraction of sp³-hybridized carbons (Fsp3) is 0.567. The first kappa shape index (κ1) is 29.1. The van der Waals surface area contributed by atoms with Crippen molar-refractivity contribution in [2.75, 3.05) is 6.61 Å². The third-order valence-electron chi connectivity index (χ3n) is 10.5. The molecule has 0 spiro atoms. The number of hydrogen-bond acceptors (Lipinski definition) is 9. The molecular formula is C30H34FNO9. The zero-order valence-corrected chi connectivity index (χ0v) is 23.2. The number of aliphatic hydroxyl groups excluding tert-OH is 1. The Kier molecular flexibility index (Phi) is 6.97. The van der Waals surface area contributed by atoms with Crippen molar-refractivity contribution in [3.63, 3.8) is 0 Å². The maximum Gasteiger partial charge on any atom is 0.509 e. The number of Topliss-reactive ketones (excluding diaryl/α,β-unsaturated/α-hetero) is 1. The molecular weight excluding hydrogens is 537 g/mol. The van der Waals surface area contributed by atoms with E-state index in [-0.39, 0.29) is 23.5 Å². The number of nitro groups is 1. The van der Waals surface area contributed by atoms with Crippen LogP contribution in [0.4, 0.5) is 14.9 Å². The number of ether oxygens (including phenoxy) is 2. The number of ketones is 2. The molecule has 4 aliphatic carbocycles. The molecule has 3 fully saturated rings. The number of carbonyl (C=O) groups excluding carboxylic acids is 3. The maximum atomic E-state index is 17.3. The predicted octanol–water partition coefficient (Wildman–Crippen LogP) is 4.17. The van der Waals surface area contributed by atoms with Gasteiger partial charge < -0.3 is 19.7 Å². The van der Waals surface area contributed by atoms with E-state index in [9.17, 15) is 34.7 Å². The first-order chi connectivity index (χ1) is 19.2. The second-order valence-electron chi connectivity index (χ2n) is 12.3. The average molecular weight is 572 g/mol. The van der Waals surface area contributed by atoms with Crippen molar-refractivity contribution in [1.82, 2.24) is 0 Å². The molecule has 0 aromatic heterocycles. The first-order valence-corrected chi connectivity index (χ1v) is 13.8. The van der Waals surface area contributed by atoms with Gasteiger partial charge in [-0.05, 0) is 62.7 Å². The number of hydrogen-bond donors (Lipinski definition) is 2. The Bertz CT molecular complexity index is 1380. The number of halogens is 1. The summed E-state index contributed by atoms with van der Waals surface area (Å²) in [6, 6.07) is 5.71. The van der Waals surface area contributed by atoms with Gasteiger partial charge in [-0.1, -0.05) is 37.6 Å². The van der Waals surface area contributed by atoms with Crippen LogP contribution in [0.25, 0.3) is 0 Å². The summed E-state index contributed by atoms with van der Waals surface area (Å²) in [5.41, 5.74) is -6.00. The topological polar surface area (TPSA) is 153 Å². The highest BCUT2D eigenvalue weighted by Crippen LogP contribution is 2.70. The van der Waals surface area contributed by atoms with E-state index in [0.717, 1.165) is 0 Å². The summed E-state index contributed by atoms with van der Waals surface area (Å²) in [6.45, 7) is 3.79. The highest BCUT2D eigenvalue weighted by atomic mass is 19.1. The zero-order valence-electron chi connectivity index (χ0n) is 23.2. The van der Waals surface area contributed by atoms with Gasteiger partial charge in [-0.2, -0.15) is 0 Å². The van der Waals surface area contributed by atoms with Crippen molar-refractivity contribution < 1.29 is 43.4 Å². The summed E-state index contributed by atoms with van der Waals surface area (Å²) in [6.07, 6.45) is 2.47. The minimum atomic E-state index is -2.10. The summed E-state index contributed by atoms with van der Waals surface area (Å²) in [4.78, 5) is 48.4. The summed E-state index contributed by atoms with van der Waals surface area (Å²) in [5.74, 6) is -2.78. The zero-order chi connectivity index (χ0) is 30.0. The van der Waals surface area contributed by atoms with E-state index in [1.165, 1.54) is 30.4 Å². The van der Waals surface area contributed by atoms with Crippen LogP contribution in [0.3, 0.4) is 0 Å². The molecule has 0 aliphatic heterocycles. The van der Waals surface area contributed by atoms with Crippen LogP contribution in [0.2, 0.25) is 0 Å².